The Labute approximate surface area is 203 Å². The molecular weight excluding hydrogens is 474 g/mol. The molecule has 0 saturated carbocycles. The summed E-state index contributed by atoms with van der Waals surface area (Å²) in [6.07, 6.45) is 0. The van der Waals surface area contributed by atoms with Gasteiger partial charge >= 0.3 is 0 Å². The van der Waals surface area contributed by atoms with Crippen LogP contribution in [0, 0.1) is 17.0 Å². The van der Waals surface area contributed by atoms with Crippen LogP contribution < -0.4 is 9.62 Å². The highest BCUT2D eigenvalue weighted by Crippen LogP contribution is 2.31. The van der Waals surface area contributed by atoms with Crippen LogP contribution in [0.2, 0.25) is 0 Å². The summed E-state index contributed by atoms with van der Waals surface area (Å²) < 4.78 is 27.4. The van der Waals surface area contributed by atoms with E-state index in [1.807, 2.05) is 25.1 Å². The smallest absolute Gasteiger partial charge is 0.293 e. The third kappa shape index (κ3) is 6.58. The number of thioether (sulfide) groups is 1. The molecule has 0 aliphatic carbocycles. The third-order valence-corrected chi connectivity index (χ3v) is 7.69. The SMILES string of the molecule is Cc1cccc(CSCCNC(=O)CN(c2ccccc2[N+](=O)[O-])S(=O)(=O)c2ccccc2)c1. The average molecular weight is 500 g/mol. The second-order valence-corrected chi connectivity index (χ2v) is 10.4. The summed E-state index contributed by atoms with van der Waals surface area (Å²) in [6.45, 7) is 1.79. The van der Waals surface area contributed by atoms with Gasteiger partial charge in [-0.15, -0.1) is 0 Å². The molecule has 3 rings (SSSR count). The number of aryl methyl sites for hydroxylation is 1. The number of anilines is 1. The van der Waals surface area contributed by atoms with Gasteiger partial charge in [0.05, 0.1) is 9.82 Å². The number of rotatable bonds is 11. The fraction of sp³-hybridized carbons (Fsp3) is 0.208. The van der Waals surface area contributed by atoms with Crippen molar-refractivity contribution in [3.8, 4) is 0 Å². The van der Waals surface area contributed by atoms with Gasteiger partial charge in [0.15, 0.2) is 0 Å². The zero-order valence-electron chi connectivity index (χ0n) is 18.6. The van der Waals surface area contributed by atoms with E-state index >= 15 is 0 Å². The summed E-state index contributed by atoms with van der Waals surface area (Å²) in [4.78, 5) is 23.5. The molecule has 0 aromatic heterocycles. The van der Waals surface area contributed by atoms with Crippen molar-refractivity contribution in [1.29, 1.82) is 0 Å². The Morgan fingerprint density at radius 2 is 1.74 bits per heavy atom. The maximum Gasteiger partial charge on any atom is 0.293 e. The van der Waals surface area contributed by atoms with E-state index in [1.165, 1.54) is 47.5 Å². The molecule has 1 N–H and O–H groups in total. The Kier molecular flexibility index (Phi) is 8.67. The number of hydrogen-bond donors (Lipinski definition) is 1. The van der Waals surface area contributed by atoms with Crippen molar-refractivity contribution in [2.75, 3.05) is 23.1 Å². The van der Waals surface area contributed by atoms with Crippen molar-refractivity contribution >= 4 is 39.1 Å². The van der Waals surface area contributed by atoms with E-state index in [2.05, 4.69) is 11.4 Å². The van der Waals surface area contributed by atoms with Crippen LogP contribution in [-0.4, -0.2) is 38.1 Å². The second kappa shape index (κ2) is 11.7. The monoisotopic (exact) mass is 499 g/mol. The van der Waals surface area contributed by atoms with Gasteiger partial charge in [-0.3, -0.25) is 14.9 Å². The van der Waals surface area contributed by atoms with Gasteiger partial charge in [-0.25, -0.2) is 12.7 Å². The molecule has 0 saturated heterocycles. The molecule has 0 atom stereocenters. The Hall–Kier alpha value is -3.37. The van der Waals surface area contributed by atoms with Crippen molar-refractivity contribution in [2.45, 2.75) is 17.6 Å². The van der Waals surface area contributed by atoms with Crippen molar-refractivity contribution in [3.63, 3.8) is 0 Å². The van der Waals surface area contributed by atoms with Crippen LogP contribution in [0.5, 0.6) is 0 Å². The lowest BCUT2D eigenvalue weighted by Crippen LogP contribution is -2.41. The number of sulfonamides is 1. The van der Waals surface area contributed by atoms with Crippen molar-refractivity contribution in [3.05, 3.63) is 100 Å². The maximum atomic E-state index is 13.3. The number of nitro benzene ring substituents is 1. The molecule has 178 valence electrons. The largest absolute Gasteiger partial charge is 0.354 e. The van der Waals surface area contributed by atoms with Gasteiger partial charge in [-0.1, -0.05) is 60.2 Å². The molecule has 8 nitrogen and oxygen atoms in total. The number of nitro groups is 1. The van der Waals surface area contributed by atoms with Gasteiger partial charge in [-0.2, -0.15) is 11.8 Å². The predicted octanol–water partition coefficient (Wildman–Crippen LogP) is 4.15. The molecule has 0 bridgehead atoms. The number of nitrogens with one attached hydrogen (secondary N) is 1. The Balaban J connectivity index is 1.71. The number of nitrogens with zero attached hydrogens (tertiary/aromatic N) is 2. The highest BCUT2D eigenvalue weighted by Gasteiger charge is 2.31. The molecule has 0 fully saturated rings. The molecule has 0 aliphatic heterocycles. The van der Waals surface area contributed by atoms with Gasteiger partial charge in [0.2, 0.25) is 5.91 Å². The first kappa shape index (κ1) is 25.3. The van der Waals surface area contributed by atoms with Gasteiger partial charge in [0, 0.05) is 24.1 Å². The quantitative estimate of drug-likeness (QED) is 0.241. The molecule has 34 heavy (non-hydrogen) atoms. The van der Waals surface area contributed by atoms with E-state index in [0.29, 0.717) is 12.3 Å². The van der Waals surface area contributed by atoms with E-state index in [4.69, 9.17) is 0 Å². The van der Waals surface area contributed by atoms with Gasteiger partial charge in [0.25, 0.3) is 15.7 Å². The Morgan fingerprint density at radius 1 is 1.03 bits per heavy atom. The highest BCUT2D eigenvalue weighted by molar-refractivity contribution is 7.98. The summed E-state index contributed by atoms with van der Waals surface area (Å²) in [5.41, 5.74) is 1.80. The Morgan fingerprint density at radius 3 is 2.44 bits per heavy atom. The first-order valence-corrected chi connectivity index (χ1v) is 13.1. The Bertz CT molecular complexity index is 1250. The minimum absolute atomic E-state index is 0.0605. The minimum Gasteiger partial charge on any atom is -0.354 e. The van der Waals surface area contributed by atoms with E-state index in [9.17, 15) is 23.3 Å². The summed E-state index contributed by atoms with van der Waals surface area (Å²) in [7, 11) is -4.22. The summed E-state index contributed by atoms with van der Waals surface area (Å²) in [5, 5.41) is 14.3. The number of carbonyl (C=O) groups is 1. The summed E-state index contributed by atoms with van der Waals surface area (Å²) in [6, 6.07) is 21.2. The number of carbonyl (C=O) groups excluding carboxylic acids is 1. The maximum absolute atomic E-state index is 13.3. The summed E-state index contributed by atoms with van der Waals surface area (Å²) >= 11 is 1.65. The van der Waals surface area contributed by atoms with Crippen LogP contribution in [0.3, 0.4) is 0 Å². The predicted molar refractivity (Wildman–Crippen MR) is 134 cm³/mol. The lowest BCUT2D eigenvalue weighted by atomic mass is 10.2. The molecule has 3 aromatic carbocycles. The van der Waals surface area contributed by atoms with Crippen LogP contribution >= 0.6 is 11.8 Å². The summed E-state index contributed by atoms with van der Waals surface area (Å²) in [5.74, 6) is 0.882. The van der Waals surface area contributed by atoms with Crippen molar-refractivity contribution in [1.82, 2.24) is 5.32 Å². The highest BCUT2D eigenvalue weighted by atomic mass is 32.2. The van der Waals surface area contributed by atoms with E-state index < -0.39 is 33.1 Å². The molecule has 3 aromatic rings. The van der Waals surface area contributed by atoms with Crippen LogP contribution in [0.25, 0.3) is 0 Å². The molecule has 0 heterocycles. The van der Waals surface area contributed by atoms with Crippen LogP contribution in [0.15, 0.2) is 83.8 Å². The molecule has 0 spiro atoms. The molecule has 1 amide bonds. The molecular formula is C24H25N3O5S2. The number of hydrogen-bond acceptors (Lipinski definition) is 6. The third-order valence-electron chi connectivity index (χ3n) is 4.89. The van der Waals surface area contributed by atoms with Gasteiger partial charge < -0.3 is 5.32 Å². The van der Waals surface area contributed by atoms with Crippen LogP contribution in [-0.2, 0) is 20.6 Å². The standard InChI is InChI=1S/C24H25N3O5S2/c1-19-8-7-9-20(16-19)18-33-15-14-25-24(28)17-26(22-12-5-6-13-23(22)27(29)30)34(31,32)21-10-3-2-4-11-21/h2-13,16H,14-15,17-18H2,1H3,(H,25,28). The minimum atomic E-state index is -4.22. The normalized spacial score (nSPS) is 11.1. The topological polar surface area (TPSA) is 110 Å². The second-order valence-electron chi connectivity index (χ2n) is 7.46. The lowest BCUT2D eigenvalue weighted by molar-refractivity contribution is -0.384. The van der Waals surface area contributed by atoms with Gasteiger partial charge in [0.1, 0.15) is 12.2 Å². The molecule has 0 unspecified atom stereocenters. The molecule has 10 heteroatoms. The van der Waals surface area contributed by atoms with E-state index in [0.717, 1.165) is 10.1 Å². The first-order chi connectivity index (χ1) is 16.3. The van der Waals surface area contributed by atoms with Crippen molar-refractivity contribution in [2.24, 2.45) is 0 Å². The first-order valence-electron chi connectivity index (χ1n) is 10.5. The molecule has 0 aliphatic rings. The van der Waals surface area contributed by atoms with E-state index in [-0.39, 0.29) is 10.6 Å². The fourth-order valence-electron chi connectivity index (χ4n) is 3.29. The van der Waals surface area contributed by atoms with Gasteiger partial charge in [-0.05, 0) is 30.7 Å². The lowest BCUT2D eigenvalue weighted by Gasteiger charge is -2.23. The van der Waals surface area contributed by atoms with Crippen molar-refractivity contribution < 1.29 is 18.1 Å². The van der Waals surface area contributed by atoms with Crippen LogP contribution in [0.1, 0.15) is 11.1 Å². The average Bonchev–Trinajstić information content (AvgIpc) is 2.83. The zero-order valence-corrected chi connectivity index (χ0v) is 20.2. The fourth-order valence-corrected chi connectivity index (χ4v) is 5.55. The number of amides is 1. The van der Waals surface area contributed by atoms with Crippen LogP contribution in [0.4, 0.5) is 11.4 Å². The van der Waals surface area contributed by atoms with E-state index in [1.54, 1.807) is 30.0 Å². The number of para-hydroxylation sites is 2. The molecule has 0 radical (unpaired) electrons. The zero-order chi connectivity index (χ0) is 24.6. The number of benzene rings is 3.